The van der Waals surface area contributed by atoms with Gasteiger partial charge < -0.3 is 19.2 Å². The molecule has 1 aliphatic heterocycles. The van der Waals surface area contributed by atoms with E-state index in [0.717, 1.165) is 6.07 Å². The van der Waals surface area contributed by atoms with Crippen molar-refractivity contribution in [3.05, 3.63) is 70.5 Å². The van der Waals surface area contributed by atoms with Crippen LogP contribution in [0.3, 0.4) is 0 Å². The first-order chi connectivity index (χ1) is 14.5. The predicted octanol–water partition coefficient (Wildman–Crippen LogP) is 1.17. The Bertz CT molecular complexity index is 1200. The van der Waals surface area contributed by atoms with Crippen LogP contribution in [0.4, 0.5) is 0 Å². The maximum Gasteiger partial charge on any atom is 0.339 e. The summed E-state index contributed by atoms with van der Waals surface area (Å²) >= 11 is 0. The maximum absolute atomic E-state index is 12.4. The molecule has 0 spiro atoms. The second-order valence-corrected chi connectivity index (χ2v) is 6.45. The second kappa shape index (κ2) is 8.08. The fourth-order valence-corrected chi connectivity index (χ4v) is 2.99. The summed E-state index contributed by atoms with van der Waals surface area (Å²) in [6.07, 6.45) is -1.02. The molecule has 1 aliphatic rings. The first-order valence-corrected chi connectivity index (χ1v) is 9.02. The van der Waals surface area contributed by atoms with E-state index < -0.39 is 36.1 Å². The van der Waals surface area contributed by atoms with Gasteiger partial charge in [0.1, 0.15) is 6.61 Å². The van der Waals surface area contributed by atoms with Crippen LogP contribution in [0.25, 0.3) is 10.9 Å². The molecule has 0 saturated carbocycles. The lowest BCUT2D eigenvalue weighted by Crippen LogP contribution is -2.47. The van der Waals surface area contributed by atoms with Crippen LogP contribution in [0.2, 0.25) is 0 Å². The number of aromatic amines is 1. The van der Waals surface area contributed by atoms with Crippen LogP contribution in [0, 0.1) is 0 Å². The Labute approximate surface area is 169 Å². The Morgan fingerprint density at radius 1 is 1.07 bits per heavy atom. The van der Waals surface area contributed by atoms with Gasteiger partial charge in [0.15, 0.2) is 18.1 Å². The molecule has 0 aliphatic carbocycles. The fourth-order valence-electron chi connectivity index (χ4n) is 2.99. The number of para-hydroxylation sites is 3. The van der Waals surface area contributed by atoms with Gasteiger partial charge in [-0.1, -0.05) is 30.3 Å². The molecular formula is C21H16N2O7. The van der Waals surface area contributed by atoms with E-state index in [9.17, 15) is 19.2 Å². The zero-order valence-electron chi connectivity index (χ0n) is 15.5. The Kier molecular flexibility index (Phi) is 5.17. The van der Waals surface area contributed by atoms with Gasteiger partial charge in [-0.05, 0) is 18.2 Å². The van der Waals surface area contributed by atoms with Gasteiger partial charge in [0.25, 0.3) is 11.8 Å². The smallest absolute Gasteiger partial charge is 0.339 e. The summed E-state index contributed by atoms with van der Waals surface area (Å²) in [5.74, 6) is -1.50. The van der Waals surface area contributed by atoms with Crippen molar-refractivity contribution in [1.29, 1.82) is 0 Å². The number of hydrogen-bond donors (Lipinski definition) is 2. The molecule has 9 nitrogen and oxygen atoms in total. The Hall–Kier alpha value is -4.14. The zero-order chi connectivity index (χ0) is 21.1. The average molecular weight is 408 g/mol. The number of aromatic nitrogens is 1. The number of amides is 2. The number of nitrogens with one attached hydrogen (secondary N) is 2. The van der Waals surface area contributed by atoms with Crippen molar-refractivity contribution in [1.82, 2.24) is 10.3 Å². The van der Waals surface area contributed by atoms with Crippen LogP contribution in [0.5, 0.6) is 11.5 Å². The third-order valence-corrected chi connectivity index (χ3v) is 4.37. The van der Waals surface area contributed by atoms with Crippen molar-refractivity contribution >= 4 is 28.7 Å². The molecule has 4 rings (SSSR count). The van der Waals surface area contributed by atoms with Crippen molar-refractivity contribution in [3.63, 3.8) is 0 Å². The highest BCUT2D eigenvalue weighted by Crippen LogP contribution is 2.30. The highest BCUT2D eigenvalue weighted by molar-refractivity contribution is 6.04. The lowest BCUT2D eigenvalue weighted by molar-refractivity contribution is -0.137. The number of benzene rings is 2. The number of esters is 1. The highest BCUT2D eigenvalue weighted by atomic mass is 16.6. The van der Waals surface area contributed by atoms with E-state index >= 15 is 0 Å². The number of imide groups is 1. The van der Waals surface area contributed by atoms with Gasteiger partial charge in [0.2, 0.25) is 11.7 Å². The van der Waals surface area contributed by atoms with Gasteiger partial charge >= 0.3 is 5.97 Å². The second-order valence-electron chi connectivity index (χ2n) is 6.45. The van der Waals surface area contributed by atoms with Gasteiger partial charge in [-0.25, -0.2) is 4.79 Å². The van der Waals surface area contributed by atoms with E-state index in [1.54, 1.807) is 48.5 Å². The number of fused-ring (bicyclic) bond motifs is 2. The number of H-pyrrole nitrogens is 1. The van der Waals surface area contributed by atoms with Crippen LogP contribution in [0.15, 0.2) is 59.4 Å². The number of carbonyl (C=O) groups is 3. The van der Waals surface area contributed by atoms with Gasteiger partial charge in [-0.2, -0.15) is 0 Å². The van der Waals surface area contributed by atoms with Crippen molar-refractivity contribution in [2.75, 3.05) is 13.2 Å². The summed E-state index contributed by atoms with van der Waals surface area (Å²) in [6, 6.07) is 14.6. The number of carbonyl (C=O) groups excluding carboxylic acids is 3. The first kappa shape index (κ1) is 19.2. The quantitative estimate of drug-likeness (QED) is 0.621. The zero-order valence-corrected chi connectivity index (χ0v) is 15.5. The van der Waals surface area contributed by atoms with Crippen LogP contribution in [-0.4, -0.2) is 42.1 Å². The Morgan fingerprint density at radius 3 is 2.63 bits per heavy atom. The van der Waals surface area contributed by atoms with E-state index in [4.69, 9.17) is 14.2 Å². The topological polar surface area (TPSA) is 124 Å². The lowest BCUT2D eigenvalue weighted by atomic mass is 10.1. The summed E-state index contributed by atoms with van der Waals surface area (Å²) < 4.78 is 15.9. The molecule has 152 valence electrons. The summed E-state index contributed by atoms with van der Waals surface area (Å²) in [5.41, 5.74) is 0.00964. The van der Waals surface area contributed by atoms with Crippen LogP contribution in [0.1, 0.15) is 10.4 Å². The van der Waals surface area contributed by atoms with Gasteiger partial charge in [-0.15, -0.1) is 0 Å². The Balaban J connectivity index is 1.36. The summed E-state index contributed by atoms with van der Waals surface area (Å²) in [6.45, 7) is -0.759. The maximum atomic E-state index is 12.4. The van der Waals surface area contributed by atoms with Crippen molar-refractivity contribution in [2.24, 2.45) is 0 Å². The molecule has 0 bridgehead atoms. The van der Waals surface area contributed by atoms with Crippen molar-refractivity contribution in [2.45, 2.75) is 6.10 Å². The van der Waals surface area contributed by atoms with Crippen LogP contribution in [-0.2, 0) is 14.3 Å². The predicted molar refractivity (Wildman–Crippen MR) is 104 cm³/mol. The average Bonchev–Trinajstić information content (AvgIpc) is 2.76. The van der Waals surface area contributed by atoms with Gasteiger partial charge in [0, 0.05) is 17.0 Å². The summed E-state index contributed by atoms with van der Waals surface area (Å²) in [5, 5.41) is 2.58. The lowest BCUT2D eigenvalue weighted by Gasteiger charge is -2.25. The summed E-state index contributed by atoms with van der Waals surface area (Å²) in [7, 11) is 0. The molecule has 2 N–H and O–H groups in total. The molecular weight excluding hydrogens is 392 g/mol. The van der Waals surface area contributed by atoms with E-state index in [-0.39, 0.29) is 12.2 Å². The van der Waals surface area contributed by atoms with Crippen molar-refractivity contribution in [3.8, 4) is 11.5 Å². The minimum absolute atomic E-state index is 0.0223. The standard InChI is InChI=1S/C21H16N2O7/c24-18-9-13(12-5-1-2-6-14(12)22-18)21(27)29-11-19(25)23-20(26)17-10-28-15-7-3-4-8-16(15)30-17/h1-9,17H,10-11H2,(H,22,24)(H,23,25,26)/t17-/m0/s1. The molecule has 0 fully saturated rings. The van der Waals surface area contributed by atoms with E-state index in [1.165, 1.54) is 0 Å². The van der Waals surface area contributed by atoms with Gasteiger partial charge in [-0.3, -0.25) is 19.7 Å². The minimum atomic E-state index is -1.02. The number of pyridine rings is 1. The van der Waals surface area contributed by atoms with E-state index in [0.29, 0.717) is 22.4 Å². The third-order valence-electron chi connectivity index (χ3n) is 4.37. The fraction of sp³-hybridized carbons (Fsp3) is 0.143. The first-order valence-electron chi connectivity index (χ1n) is 9.02. The third kappa shape index (κ3) is 4.00. The molecule has 0 unspecified atom stereocenters. The van der Waals surface area contributed by atoms with Gasteiger partial charge in [0.05, 0.1) is 5.56 Å². The van der Waals surface area contributed by atoms with Crippen LogP contribution < -0.4 is 20.3 Å². The molecule has 30 heavy (non-hydrogen) atoms. The molecule has 3 aromatic rings. The number of hydrogen-bond acceptors (Lipinski definition) is 7. The molecule has 1 atom stereocenters. The SMILES string of the molecule is O=C(COC(=O)c1cc(=O)[nH]c2ccccc12)NC(=O)[C@@H]1COc2ccccc2O1. The molecule has 0 radical (unpaired) electrons. The molecule has 2 aromatic carbocycles. The molecule has 0 saturated heterocycles. The number of ether oxygens (including phenoxy) is 3. The van der Waals surface area contributed by atoms with Crippen LogP contribution >= 0.6 is 0 Å². The summed E-state index contributed by atoms with van der Waals surface area (Å²) in [4.78, 5) is 51.0. The normalized spacial score (nSPS) is 14.7. The number of rotatable bonds is 4. The molecule has 2 amide bonds. The van der Waals surface area contributed by atoms with Crippen molar-refractivity contribution < 1.29 is 28.6 Å². The monoisotopic (exact) mass is 408 g/mol. The Morgan fingerprint density at radius 2 is 1.80 bits per heavy atom. The molecule has 9 heteroatoms. The molecule has 1 aromatic heterocycles. The highest BCUT2D eigenvalue weighted by Gasteiger charge is 2.28. The largest absolute Gasteiger partial charge is 0.485 e. The van der Waals surface area contributed by atoms with E-state index in [2.05, 4.69) is 10.3 Å². The minimum Gasteiger partial charge on any atom is -0.485 e. The molecule has 2 heterocycles. The van der Waals surface area contributed by atoms with E-state index in [1.807, 2.05) is 0 Å².